The molecule has 2 aromatic carbocycles. The molecule has 0 saturated heterocycles. The van der Waals surface area contributed by atoms with Crippen molar-refractivity contribution < 1.29 is 0 Å². The summed E-state index contributed by atoms with van der Waals surface area (Å²) in [5, 5.41) is 0. The summed E-state index contributed by atoms with van der Waals surface area (Å²) in [6.45, 7) is 28.0. The first-order valence-electron chi connectivity index (χ1n) is 14.3. The van der Waals surface area contributed by atoms with Gasteiger partial charge >= 0.3 is 0 Å². The van der Waals surface area contributed by atoms with Crippen molar-refractivity contribution in [3.8, 4) is 0 Å². The summed E-state index contributed by atoms with van der Waals surface area (Å²) < 4.78 is 0. The van der Waals surface area contributed by atoms with E-state index in [1.165, 1.54) is 62.1 Å². The summed E-state index contributed by atoms with van der Waals surface area (Å²) in [5.74, 6) is 0. The van der Waals surface area contributed by atoms with Crippen LogP contribution in [0.3, 0.4) is 0 Å². The van der Waals surface area contributed by atoms with Gasteiger partial charge in [0.15, 0.2) is 0 Å². The molecule has 0 heterocycles. The van der Waals surface area contributed by atoms with Gasteiger partial charge in [-0.3, -0.25) is 0 Å². The van der Waals surface area contributed by atoms with E-state index >= 15 is 0 Å². The number of hydrogen-bond acceptors (Lipinski definition) is 0. The van der Waals surface area contributed by atoms with Crippen LogP contribution in [0.5, 0.6) is 0 Å². The van der Waals surface area contributed by atoms with Gasteiger partial charge in [-0.25, -0.2) is 0 Å². The Morgan fingerprint density at radius 3 is 0.946 bits per heavy atom. The van der Waals surface area contributed by atoms with Crippen molar-refractivity contribution in [1.82, 2.24) is 0 Å². The van der Waals surface area contributed by atoms with Crippen LogP contribution in [0.1, 0.15) is 147 Å². The Morgan fingerprint density at radius 2 is 0.676 bits per heavy atom. The van der Waals surface area contributed by atoms with Crippen molar-refractivity contribution in [2.45, 2.75) is 124 Å². The third-order valence-corrected chi connectivity index (χ3v) is 8.06. The molecule has 2 aromatic rings. The zero-order valence-corrected chi connectivity index (χ0v) is 25.7. The zero-order valence-electron chi connectivity index (χ0n) is 25.7. The van der Waals surface area contributed by atoms with Crippen LogP contribution in [0.25, 0.3) is 12.2 Å². The maximum atomic E-state index is 2.49. The van der Waals surface area contributed by atoms with Gasteiger partial charge in [0.05, 0.1) is 0 Å². The molecule has 0 heteroatoms. The Labute approximate surface area is 228 Å². The first-order valence-corrected chi connectivity index (χ1v) is 14.3. The van der Waals surface area contributed by atoms with E-state index in [1.54, 1.807) is 0 Å². The standard InChI is InChI=1S/C37H50/c1-34(2,3)30-16-17-31(35(4,5)6)27-21-24(20-26(27)30)14-13-15-25-22-28-29(23-25)33(37(10,11)12)19-18-32(28)36(7,8)9/h16-23H,13-15H2,1-12H3. The molecule has 0 bridgehead atoms. The highest BCUT2D eigenvalue weighted by Crippen LogP contribution is 2.44. The maximum absolute atomic E-state index is 2.49. The minimum atomic E-state index is 0.144. The Morgan fingerprint density at radius 1 is 0.405 bits per heavy atom. The van der Waals surface area contributed by atoms with Gasteiger partial charge < -0.3 is 0 Å². The average Bonchev–Trinajstić information content (AvgIpc) is 3.32. The van der Waals surface area contributed by atoms with E-state index in [0.717, 1.165) is 12.8 Å². The normalized spacial score (nSPS) is 16.0. The van der Waals surface area contributed by atoms with Crippen molar-refractivity contribution >= 4 is 12.2 Å². The largest absolute Gasteiger partial charge is 0.0611 e. The Balaban J connectivity index is 1.53. The van der Waals surface area contributed by atoms with Crippen LogP contribution in [0.15, 0.2) is 35.4 Å². The highest BCUT2D eigenvalue weighted by molar-refractivity contribution is 5.76. The van der Waals surface area contributed by atoms with E-state index < -0.39 is 0 Å². The first kappa shape index (κ1) is 27.9. The quantitative estimate of drug-likeness (QED) is 0.396. The third-order valence-electron chi connectivity index (χ3n) is 8.06. The van der Waals surface area contributed by atoms with Crippen molar-refractivity contribution in [2.75, 3.05) is 0 Å². The van der Waals surface area contributed by atoms with Gasteiger partial charge in [0, 0.05) is 12.8 Å². The highest BCUT2D eigenvalue weighted by atomic mass is 14.3. The number of fused-ring (bicyclic) bond motifs is 2. The predicted molar refractivity (Wildman–Crippen MR) is 164 cm³/mol. The molecule has 0 N–H and O–H groups in total. The van der Waals surface area contributed by atoms with E-state index in [9.17, 15) is 0 Å². The predicted octanol–water partition coefficient (Wildman–Crippen LogP) is 10.6. The van der Waals surface area contributed by atoms with E-state index in [0.29, 0.717) is 0 Å². The lowest BCUT2D eigenvalue weighted by Gasteiger charge is -2.28. The Kier molecular flexibility index (Phi) is 7.01. The van der Waals surface area contributed by atoms with Crippen LogP contribution >= 0.6 is 0 Å². The van der Waals surface area contributed by atoms with Crippen molar-refractivity contribution in [2.24, 2.45) is 0 Å². The van der Waals surface area contributed by atoms with Gasteiger partial charge in [-0.2, -0.15) is 0 Å². The molecule has 0 fully saturated rings. The van der Waals surface area contributed by atoms with Gasteiger partial charge in [-0.05, 0) is 85.4 Å². The molecule has 2 aliphatic carbocycles. The second kappa shape index (κ2) is 9.29. The van der Waals surface area contributed by atoms with Crippen molar-refractivity contribution in [3.63, 3.8) is 0 Å². The summed E-state index contributed by atoms with van der Waals surface area (Å²) in [6.07, 6.45) is 13.4. The summed E-state index contributed by atoms with van der Waals surface area (Å²) in [6, 6.07) is 9.51. The lowest BCUT2D eigenvalue weighted by atomic mass is 9.77. The monoisotopic (exact) mass is 494 g/mol. The van der Waals surface area contributed by atoms with E-state index in [2.05, 4.69) is 132 Å². The number of allylic oxidation sites excluding steroid dienone is 2. The minimum absolute atomic E-state index is 0.144. The van der Waals surface area contributed by atoms with Crippen LogP contribution in [-0.2, 0) is 21.7 Å². The fraction of sp³-hybridized carbons (Fsp3) is 0.514. The molecule has 0 amide bonds. The molecule has 0 aromatic heterocycles. The van der Waals surface area contributed by atoms with Crippen molar-refractivity contribution in [1.29, 1.82) is 0 Å². The van der Waals surface area contributed by atoms with E-state index in [-0.39, 0.29) is 21.7 Å². The summed E-state index contributed by atoms with van der Waals surface area (Å²) in [5.41, 5.74) is 15.2. The Hall–Kier alpha value is -2.08. The van der Waals surface area contributed by atoms with Crippen LogP contribution in [0.4, 0.5) is 0 Å². The fourth-order valence-electron chi connectivity index (χ4n) is 6.12. The molecule has 0 unspecified atom stereocenters. The van der Waals surface area contributed by atoms with E-state index in [1.807, 2.05) is 0 Å². The number of hydrogen-bond donors (Lipinski definition) is 0. The topological polar surface area (TPSA) is 0 Å². The molecule has 0 atom stereocenters. The molecular formula is C37H50. The molecule has 4 rings (SSSR count). The van der Waals surface area contributed by atoms with Gasteiger partial charge in [0.25, 0.3) is 0 Å². The van der Waals surface area contributed by atoms with Crippen molar-refractivity contribution in [3.05, 3.63) is 92.8 Å². The minimum Gasteiger partial charge on any atom is -0.0611 e. The molecule has 0 nitrogen and oxygen atoms in total. The van der Waals surface area contributed by atoms with Crippen LogP contribution in [-0.4, -0.2) is 0 Å². The Bertz CT molecular complexity index is 1150. The third kappa shape index (κ3) is 5.69. The van der Waals surface area contributed by atoms with Gasteiger partial charge in [-0.15, -0.1) is 0 Å². The number of rotatable bonds is 4. The first-order chi connectivity index (χ1) is 16.9. The molecule has 2 radical (unpaired) electrons. The van der Waals surface area contributed by atoms with Crippen LogP contribution < -0.4 is 0 Å². The second-order valence-electron chi connectivity index (χ2n) is 15.6. The number of benzene rings is 2. The summed E-state index contributed by atoms with van der Waals surface area (Å²) >= 11 is 0. The highest BCUT2D eigenvalue weighted by Gasteiger charge is 2.30. The van der Waals surface area contributed by atoms with Gasteiger partial charge in [0.1, 0.15) is 0 Å². The summed E-state index contributed by atoms with van der Waals surface area (Å²) in [4.78, 5) is 0. The molecule has 0 saturated carbocycles. The lowest BCUT2D eigenvalue weighted by Crippen LogP contribution is -2.18. The molecule has 37 heavy (non-hydrogen) atoms. The average molecular weight is 495 g/mol. The molecule has 2 aliphatic rings. The van der Waals surface area contributed by atoms with Crippen LogP contribution in [0.2, 0.25) is 0 Å². The summed E-state index contributed by atoms with van der Waals surface area (Å²) in [7, 11) is 0. The zero-order chi connectivity index (χ0) is 27.6. The molecule has 198 valence electrons. The molecule has 0 aliphatic heterocycles. The molecule has 0 spiro atoms. The smallest absolute Gasteiger partial charge is 0.0167 e. The van der Waals surface area contributed by atoms with E-state index in [4.69, 9.17) is 0 Å². The maximum Gasteiger partial charge on any atom is 0.0167 e. The molecular weight excluding hydrogens is 444 g/mol. The lowest BCUT2D eigenvalue weighted by molar-refractivity contribution is 0.573. The second-order valence-corrected chi connectivity index (χ2v) is 15.6. The fourth-order valence-corrected chi connectivity index (χ4v) is 6.12. The van der Waals surface area contributed by atoms with Crippen LogP contribution in [0, 0.1) is 12.8 Å². The van der Waals surface area contributed by atoms with Gasteiger partial charge in [0.2, 0.25) is 0 Å². The van der Waals surface area contributed by atoms with Gasteiger partial charge in [-0.1, -0.05) is 131 Å². The SMILES string of the molecule is CC(C)(C)c1ccc(C(C)(C)C)c2c1[CH]C(CCCC1=Cc3c(C(C)(C)C)ccc(C(C)(C)C)c3[CH]1)=C2.